The first-order valence-electron chi connectivity index (χ1n) is 9.37. The first-order valence-corrected chi connectivity index (χ1v) is 10.2. The number of benzene rings is 2. The number of aromatic nitrogens is 1. The summed E-state index contributed by atoms with van der Waals surface area (Å²) >= 11 is 1.35. The quantitative estimate of drug-likeness (QED) is 0.536. The predicted molar refractivity (Wildman–Crippen MR) is 116 cm³/mol. The Morgan fingerprint density at radius 1 is 1.07 bits per heavy atom. The molecule has 0 N–H and O–H groups in total. The fourth-order valence-electron chi connectivity index (χ4n) is 2.94. The number of hydrogen-bond donors (Lipinski definition) is 0. The van der Waals surface area contributed by atoms with Crippen LogP contribution in [0.3, 0.4) is 0 Å². The number of carbonyl (C=O) groups is 2. The largest absolute Gasteiger partial charge is 0.459 e. The number of anilines is 2. The number of carbonyl (C=O) groups excluding carboxylic acids is 2. The monoisotopic (exact) mass is 408 g/mol. The van der Waals surface area contributed by atoms with E-state index >= 15 is 0 Å². The topological polar surface area (TPSA) is 59.5 Å². The summed E-state index contributed by atoms with van der Waals surface area (Å²) < 4.78 is 5.38. The van der Waals surface area contributed by atoms with Crippen molar-refractivity contribution in [3.05, 3.63) is 75.8 Å². The van der Waals surface area contributed by atoms with Crippen molar-refractivity contribution in [3.63, 3.8) is 0 Å². The molecule has 5 nitrogen and oxygen atoms in total. The van der Waals surface area contributed by atoms with Crippen LogP contribution in [-0.4, -0.2) is 16.9 Å². The van der Waals surface area contributed by atoms with E-state index < -0.39 is 0 Å². The van der Waals surface area contributed by atoms with Crippen LogP contribution in [0.2, 0.25) is 0 Å². The molecule has 1 aromatic heterocycles. The SMILES string of the molecule is CC(=O)N(c1cccc(C)c1)c1nc(COC(=O)Cc2ccc(C)c(C)c2)cs1. The zero-order valence-electron chi connectivity index (χ0n) is 17.1. The number of ether oxygens (including phenoxy) is 1. The second kappa shape index (κ2) is 9.01. The van der Waals surface area contributed by atoms with E-state index in [1.165, 1.54) is 23.8 Å². The highest BCUT2D eigenvalue weighted by Gasteiger charge is 2.18. The Bertz CT molecular complexity index is 1040. The lowest BCUT2D eigenvalue weighted by Crippen LogP contribution is -2.22. The van der Waals surface area contributed by atoms with Crippen molar-refractivity contribution in [3.8, 4) is 0 Å². The molecular formula is C23H24N2O3S. The molecule has 0 saturated heterocycles. The van der Waals surface area contributed by atoms with E-state index in [4.69, 9.17) is 4.74 Å². The van der Waals surface area contributed by atoms with Gasteiger partial charge in [-0.25, -0.2) is 4.98 Å². The summed E-state index contributed by atoms with van der Waals surface area (Å²) in [6.45, 7) is 7.63. The highest BCUT2D eigenvalue weighted by molar-refractivity contribution is 7.14. The summed E-state index contributed by atoms with van der Waals surface area (Å²) in [5.41, 5.74) is 5.73. The lowest BCUT2D eigenvalue weighted by Gasteiger charge is -2.18. The third-order valence-corrected chi connectivity index (χ3v) is 5.48. The second-order valence-electron chi connectivity index (χ2n) is 7.07. The molecule has 6 heteroatoms. The van der Waals surface area contributed by atoms with Crippen LogP contribution in [0.4, 0.5) is 10.8 Å². The van der Waals surface area contributed by atoms with E-state index in [0.29, 0.717) is 10.8 Å². The molecule has 1 amide bonds. The van der Waals surface area contributed by atoms with E-state index in [9.17, 15) is 9.59 Å². The first kappa shape index (κ1) is 20.7. The van der Waals surface area contributed by atoms with Gasteiger partial charge in [0.05, 0.1) is 17.8 Å². The van der Waals surface area contributed by atoms with Gasteiger partial charge in [-0.15, -0.1) is 11.3 Å². The number of aryl methyl sites for hydroxylation is 3. The van der Waals surface area contributed by atoms with Crippen molar-refractivity contribution in [2.75, 3.05) is 4.90 Å². The molecule has 29 heavy (non-hydrogen) atoms. The Labute approximate surface area is 175 Å². The summed E-state index contributed by atoms with van der Waals surface area (Å²) in [4.78, 5) is 30.4. The van der Waals surface area contributed by atoms with Crippen LogP contribution < -0.4 is 4.90 Å². The van der Waals surface area contributed by atoms with Crippen molar-refractivity contribution in [1.29, 1.82) is 0 Å². The standard InChI is InChI=1S/C23H24N2O3S/c1-15-6-5-7-21(10-15)25(18(4)26)23-24-20(14-29-23)13-28-22(27)12-19-9-8-16(2)17(3)11-19/h5-11,14H,12-13H2,1-4H3. The maximum Gasteiger partial charge on any atom is 0.310 e. The van der Waals surface area contributed by atoms with E-state index in [1.54, 1.807) is 4.90 Å². The first-order chi connectivity index (χ1) is 13.8. The second-order valence-corrected chi connectivity index (χ2v) is 7.91. The van der Waals surface area contributed by atoms with Crippen LogP contribution in [0.15, 0.2) is 47.8 Å². The maximum absolute atomic E-state index is 12.2. The van der Waals surface area contributed by atoms with E-state index in [1.807, 2.05) is 68.6 Å². The average Bonchev–Trinajstić information content (AvgIpc) is 3.11. The Balaban J connectivity index is 1.65. The highest BCUT2D eigenvalue weighted by atomic mass is 32.1. The molecule has 150 valence electrons. The lowest BCUT2D eigenvalue weighted by atomic mass is 10.0. The summed E-state index contributed by atoms with van der Waals surface area (Å²) in [5.74, 6) is -0.423. The molecule has 0 bridgehead atoms. The van der Waals surface area contributed by atoms with Gasteiger partial charge in [0.25, 0.3) is 0 Å². The Kier molecular flexibility index (Phi) is 6.44. The summed E-state index contributed by atoms with van der Waals surface area (Å²) in [6, 6.07) is 13.6. The normalized spacial score (nSPS) is 10.6. The number of nitrogens with zero attached hydrogens (tertiary/aromatic N) is 2. The number of rotatable bonds is 6. The van der Waals surface area contributed by atoms with E-state index in [2.05, 4.69) is 4.98 Å². The van der Waals surface area contributed by atoms with Crippen LogP contribution in [-0.2, 0) is 27.4 Å². The molecule has 0 saturated carbocycles. The van der Waals surface area contributed by atoms with Gasteiger partial charge in [-0.05, 0) is 55.2 Å². The highest BCUT2D eigenvalue weighted by Crippen LogP contribution is 2.29. The Hall–Kier alpha value is -2.99. The van der Waals surface area contributed by atoms with Crippen molar-refractivity contribution in [2.45, 2.75) is 40.7 Å². The van der Waals surface area contributed by atoms with Crippen molar-refractivity contribution in [1.82, 2.24) is 4.98 Å². The van der Waals surface area contributed by atoms with Gasteiger partial charge in [-0.3, -0.25) is 14.5 Å². The molecule has 2 aromatic carbocycles. The van der Waals surface area contributed by atoms with Gasteiger partial charge in [-0.1, -0.05) is 30.3 Å². The van der Waals surface area contributed by atoms with Gasteiger partial charge in [0.2, 0.25) is 5.91 Å². The van der Waals surface area contributed by atoms with Gasteiger partial charge in [0, 0.05) is 12.3 Å². The molecule has 0 fully saturated rings. The molecule has 0 unspecified atom stereocenters. The molecular weight excluding hydrogens is 384 g/mol. The van der Waals surface area contributed by atoms with Crippen LogP contribution in [0, 0.1) is 20.8 Å². The third kappa shape index (κ3) is 5.29. The third-order valence-electron chi connectivity index (χ3n) is 4.61. The van der Waals surface area contributed by atoms with Gasteiger partial charge in [0.15, 0.2) is 5.13 Å². The molecule has 3 aromatic rings. The summed E-state index contributed by atoms with van der Waals surface area (Å²) in [6.07, 6.45) is 0.223. The van der Waals surface area contributed by atoms with Crippen molar-refractivity contribution in [2.24, 2.45) is 0 Å². The zero-order valence-corrected chi connectivity index (χ0v) is 17.9. The van der Waals surface area contributed by atoms with E-state index in [-0.39, 0.29) is 24.9 Å². The summed E-state index contributed by atoms with van der Waals surface area (Å²) in [7, 11) is 0. The van der Waals surface area contributed by atoms with Gasteiger partial charge in [-0.2, -0.15) is 0 Å². The molecule has 0 radical (unpaired) electrons. The molecule has 0 atom stereocenters. The van der Waals surface area contributed by atoms with Gasteiger partial charge < -0.3 is 4.74 Å². The van der Waals surface area contributed by atoms with Crippen molar-refractivity contribution < 1.29 is 14.3 Å². The minimum absolute atomic E-state index is 0.0831. The summed E-state index contributed by atoms with van der Waals surface area (Å²) in [5, 5.41) is 2.37. The number of hydrogen-bond acceptors (Lipinski definition) is 5. The number of thiazole rings is 1. The molecule has 0 aliphatic rings. The van der Waals surface area contributed by atoms with Crippen molar-refractivity contribution >= 4 is 34.0 Å². The zero-order chi connectivity index (χ0) is 21.0. The molecule has 0 aliphatic carbocycles. The average molecular weight is 409 g/mol. The van der Waals surface area contributed by atoms with Gasteiger partial charge in [0.1, 0.15) is 6.61 Å². The number of esters is 1. The van der Waals surface area contributed by atoms with Crippen LogP contribution in [0.1, 0.15) is 34.9 Å². The Morgan fingerprint density at radius 3 is 2.55 bits per heavy atom. The molecule has 3 rings (SSSR count). The molecule has 1 heterocycles. The van der Waals surface area contributed by atoms with Gasteiger partial charge >= 0.3 is 5.97 Å². The van der Waals surface area contributed by atoms with Crippen LogP contribution in [0.25, 0.3) is 0 Å². The number of amides is 1. The van der Waals surface area contributed by atoms with E-state index in [0.717, 1.165) is 22.4 Å². The van der Waals surface area contributed by atoms with Crippen LogP contribution >= 0.6 is 11.3 Å². The predicted octanol–water partition coefficient (Wildman–Crippen LogP) is 5.04. The smallest absolute Gasteiger partial charge is 0.310 e. The van der Waals surface area contributed by atoms with Crippen LogP contribution in [0.5, 0.6) is 0 Å². The Morgan fingerprint density at radius 2 is 1.86 bits per heavy atom. The fourth-order valence-corrected chi connectivity index (χ4v) is 3.82. The molecule has 0 spiro atoms. The lowest BCUT2D eigenvalue weighted by molar-refractivity contribution is -0.144. The minimum atomic E-state index is -0.301. The molecule has 0 aliphatic heterocycles. The minimum Gasteiger partial charge on any atom is -0.459 e. The fraction of sp³-hybridized carbons (Fsp3) is 0.261. The maximum atomic E-state index is 12.2.